The summed E-state index contributed by atoms with van der Waals surface area (Å²) in [5.41, 5.74) is 4.06. The zero-order valence-electron chi connectivity index (χ0n) is 17.4. The molecule has 1 aromatic carbocycles. The number of hydrogen-bond acceptors (Lipinski definition) is 5. The van der Waals surface area contributed by atoms with E-state index < -0.39 is 0 Å². The molecule has 4 rings (SSSR count). The van der Waals surface area contributed by atoms with Crippen LogP contribution in [0.15, 0.2) is 53.4 Å². The van der Waals surface area contributed by atoms with Crippen molar-refractivity contribution in [1.29, 1.82) is 0 Å². The molecule has 0 amide bonds. The quantitative estimate of drug-likeness (QED) is 0.343. The summed E-state index contributed by atoms with van der Waals surface area (Å²) < 4.78 is 7.74. The molecule has 6 heteroatoms. The highest BCUT2D eigenvalue weighted by atomic mass is 32.1. The fraction of sp³-hybridized carbons (Fsp3) is 0.333. The minimum absolute atomic E-state index is 0.151. The summed E-state index contributed by atoms with van der Waals surface area (Å²) in [6, 6.07) is 10.3. The summed E-state index contributed by atoms with van der Waals surface area (Å²) in [5.74, 6) is -0.252. The average molecular weight is 439 g/mol. The first-order valence-electron chi connectivity index (χ1n) is 10.3. The number of carbonyl (C=O) groups excluding carboxylic acids is 1. The summed E-state index contributed by atoms with van der Waals surface area (Å²) in [6.07, 6.45) is 5.95. The second kappa shape index (κ2) is 9.14. The Kier molecular flexibility index (Phi) is 6.35. The molecule has 0 saturated carbocycles. The largest absolute Gasteiger partial charge is 0.459 e. The molecule has 30 heavy (non-hydrogen) atoms. The first-order valence-corrected chi connectivity index (χ1v) is 12.0. The number of aryl methyl sites for hydroxylation is 1. The normalized spacial score (nSPS) is 14.0. The van der Waals surface area contributed by atoms with Crippen molar-refractivity contribution in [1.82, 2.24) is 4.57 Å². The topological polar surface area (TPSA) is 43.6 Å². The number of ether oxygens (including phenoxy) is 1. The van der Waals surface area contributed by atoms with E-state index in [-0.39, 0.29) is 12.1 Å². The molecule has 0 bridgehead atoms. The number of hydrogen-bond donors (Lipinski definition) is 0. The van der Waals surface area contributed by atoms with Crippen LogP contribution >= 0.6 is 22.7 Å². The number of esters is 1. The Morgan fingerprint density at radius 1 is 1.27 bits per heavy atom. The molecule has 2 aromatic heterocycles. The van der Waals surface area contributed by atoms with Crippen LogP contribution in [0.4, 0.5) is 5.00 Å². The van der Waals surface area contributed by atoms with Crippen LogP contribution in [0, 0.1) is 0 Å². The molecule has 0 radical (unpaired) electrons. The van der Waals surface area contributed by atoms with Crippen molar-refractivity contribution < 1.29 is 9.53 Å². The van der Waals surface area contributed by atoms with Crippen LogP contribution in [0.1, 0.15) is 47.5 Å². The molecule has 4 nitrogen and oxygen atoms in total. The number of rotatable bonds is 6. The van der Waals surface area contributed by atoms with Gasteiger partial charge in [0.25, 0.3) is 0 Å². The van der Waals surface area contributed by atoms with Crippen molar-refractivity contribution >= 4 is 33.6 Å². The second-order valence-electron chi connectivity index (χ2n) is 7.63. The van der Waals surface area contributed by atoms with E-state index in [1.54, 1.807) is 22.7 Å². The molecule has 1 aliphatic carbocycles. The molecule has 1 aliphatic rings. The fourth-order valence-corrected chi connectivity index (χ4v) is 5.99. The third-order valence-electron chi connectivity index (χ3n) is 5.08. The predicted octanol–water partition coefficient (Wildman–Crippen LogP) is 6.14. The zero-order chi connectivity index (χ0) is 21.1. The van der Waals surface area contributed by atoms with Gasteiger partial charge < -0.3 is 9.30 Å². The van der Waals surface area contributed by atoms with Crippen molar-refractivity contribution in [3.63, 3.8) is 0 Å². The third-order valence-corrected chi connectivity index (χ3v) is 7.12. The van der Waals surface area contributed by atoms with Crippen LogP contribution < -0.4 is 4.80 Å². The van der Waals surface area contributed by atoms with E-state index in [9.17, 15) is 4.79 Å². The molecule has 0 N–H and O–H groups in total. The Morgan fingerprint density at radius 2 is 2.03 bits per heavy atom. The first kappa shape index (κ1) is 20.8. The van der Waals surface area contributed by atoms with Gasteiger partial charge in [-0.3, -0.25) is 0 Å². The Bertz CT molecular complexity index is 1120. The van der Waals surface area contributed by atoms with Crippen molar-refractivity contribution in [3.05, 3.63) is 69.2 Å². The van der Waals surface area contributed by atoms with Gasteiger partial charge in [-0.15, -0.1) is 29.3 Å². The Hall–Kier alpha value is -2.44. The number of thiazole rings is 1. The standard InChI is InChI=1S/C24H26N2O2S2/c1-4-14-26-19(17-10-6-5-7-11-17)15-29-24(26)25-22-21(23(27)28-16(2)3)18-12-8-9-13-20(18)30-22/h4-7,10-11,15-16H,1,8-9,12-14H2,2-3H3. The van der Waals surface area contributed by atoms with Crippen molar-refractivity contribution in [2.45, 2.75) is 52.2 Å². The minimum atomic E-state index is -0.252. The van der Waals surface area contributed by atoms with E-state index in [0.29, 0.717) is 12.1 Å². The maximum Gasteiger partial charge on any atom is 0.341 e. The van der Waals surface area contributed by atoms with Gasteiger partial charge in [0.05, 0.1) is 17.4 Å². The lowest BCUT2D eigenvalue weighted by atomic mass is 9.95. The zero-order valence-corrected chi connectivity index (χ0v) is 19.0. The lowest BCUT2D eigenvalue weighted by molar-refractivity contribution is 0.0378. The number of nitrogens with zero attached hydrogens (tertiary/aromatic N) is 2. The van der Waals surface area contributed by atoms with Gasteiger partial charge in [0.1, 0.15) is 5.00 Å². The first-order chi connectivity index (χ1) is 14.6. The van der Waals surface area contributed by atoms with Crippen LogP contribution in [0.2, 0.25) is 0 Å². The van der Waals surface area contributed by atoms with E-state index in [1.807, 2.05) is 38.1 Å². The van der Waals surface area contributed by atoms with E-state index >= 15 is 0 Å². The molecular formula is C24H26N2O2S2. The molecule has 0 fully saturated rings. The molecule has 0 atom stereocenters. The van der Waals surface area contributed by atoms with Crippen LogP contribution in [0.5, 0.6) is 0 Å². The number of carbonyl (C=O) groups is 1. The Labute approximate surface area is 185 Å². The maximum absolute atomic E-state index is 12.9. The van der Waals surface area contributed by atoms with Gasteiger partial charge in [-0.2, -0.15) is 0 Å². The maximum atomic E-state index is 12.9. The monoisotopic (exact) mass is 438 g/mol. The Morgan fingerprint density at radius 3 is 2.77 bits per heavy atom. The average Bonchev–Trinajstić information content (AvgIpc) is 3.30. The molecule has 3 aromatic rings. The van der Waals surface area contributed by atoms with E-state index in [2.05, 4.69) is 28.7 Å². The van der Waals surface area contributed by atoms with Gasteiger partial charge in [-0.1, -0.05) is 36.4 Å². The van der Waals surface area contributed by atoms with Crippen LogP contribution in [0.3, 0.4) is 0 Å². The predicted molar refractivity (Wildman–Crippen MR) is 125 cm³/mol. The Balaban J connectivity index is 1.86. The lowest BCUT2D eigenvalue weighted by Gasteiger charge is -2.13. The van der Waals surface area contributed by atoms with Gasteiger partial charge >= 0.3 is 5.97 Å². The highest BCUT2D eigenvalue weighted by Crippen LogP contribution is 2.40. The lowest BCUT2D eigenvalue weighted by Crippen LogP contribution is -2.16. The highest BCUT2D eigenvalue weighted by molar-refractivity contribution is 7.16. The van der Waals surface area contributed by atoms with Gasteiger partial charge in [-0.05, 0) is 50.7 Å². The molecule has 0 saturated heterocycles. The highest BCUT2D eigenvalue weighted by Gasteiger charge is 2.27. The van der Waals surface area contributed by atoms with Crippen LogP contribution in [0.25, 0.3) is 11.3 Å². The van der Waals surface area contributed by atoms with Gasteiger partial charge in [-0.25, -0.2) is 9.79 Å². The van der Waals surface area contributed by atoms with Crippen molar-refractivity contribution in [3.8, 4) is 11.3 Å². The molecule has 0 spiro atoms. The third kappa shape index (κ3) is 4.20. The SMILES string of the molecule is C=CCn1c(-c2ccccc2)csc1=Nc1sc2c(c1C(=O)OC(C)C)CCCC2. The molecule has 0 unspecified atom stereocenters. The molecule has 0 aliphatic heterocycles. The number of fused-ring (bicyclic) bond motifs is 1. The minimum Gasteiger partial charge on any atom is -0.459 e. The van der Waals surface area contributed by atoms with Crippen LogP contribution in [-0.4, -0.2) is 16.6 Å². The van der Waals surface area contributed by atoms with E-state index in [1.165, 1.54) is 11.3 Å². The van der Waals surface area contributed by atoms with Gasteiger partial charge in [0, 0.05) is 16.8 Å². The molecule has 2 heterocycles. The van der Waals surface area contributed by atoms with Gasteiger partial charge in [0.2, 0.25) is 0 Å². The number of thiophene rings is 1. The number of benzene rings is 1. The smallest absolute Gasteiger partial charge is 0.341 e. The number of allylic oxidation sites excluding steroid dienone is 1. The number of aromatic nitrogens is 1. The second-order valence-corrected chi connectivity index (χ2v) is 9.55. The summed E-state index contributed by atoms with van der Waals surface area (Å²) in [7, 11) is 0. The summed E-state index contributed by atoms with van der Waals surface area (Å²) in [5, 5.41) is 2.89. The summed E-state index contributed by atoms with van der Waals surface area (Å²) in [4.78, 5) is 20.1. The van der Waals surface area contributed by atoms with Gasteiger partial charge in [0.15, 0.2) is 4.80 Å². The molecular weight excluding hydrogens is 412 g/mol. The van der Waals surface area contributed by atoms with Crippen LogP contribution in [-0.2, 0) is 24.1 Å². The molecule has 156 valence electrons. The van der Waals surface area contributed by atoms with E-state index in [0.717, 1.165) is 45.9 Å². The van der Waals surface area contributed by atoms with E-state index in [4.69, 9.17) is 9.73 Å². The van der Waals surface area contributed by atoms with Crippen molar-refractivity contribution in [2.24, 2.45) is 4.99 Å². The fourth-order valence-electron chi connectivity index (χ4n) is 3.76. The summed E-state index contributed by atoms with van der Waals surface area (Å²) in [6.45, 7) is 8.35. The van der Waals surface area contributed by atoms with Crippen molar-refractivity contribution in [2.75, 3.05) is 0 Å². The summed E-state index contributed by atoms with van der Waals surface area (Å²) >= 11 is 3.23.